The number of rotatable bonds is 10. The molecular formula is C31H39N5O4S. The molecule has 9 nitrogen and oxygen atoms in total. The fraction of sp³-hybridized carbons (Fsp3) is 0.419. The summed E-state index contributed by atoms with van der Waals surface area (Å²) in [7, 11) is 3.51. The molecule has 0 aliphatic heterocycles. The Kier molecular flexibility index (Phi) is 8.94. The summed E-state index contributed by atoms with van der Waals surface area (Å²) < 4.78 is 31.9. The van der Waals surface area contributed by atoms with Gasteiger partial charge >= 0.3 is 5.97 Å². The molecule has 41 heavy (non-hydrogen) atoms. The maximum Gasteiger partial charge on any atom is 0.338 e. The third kappa shape index (κ3) is 6.33. The van der Waals surface area contributed by atoms with Crippen LogP contribution < -0.4 is 4.74 Å². The van der Waals surface area contributed by atoms with Crippen LogP contribution >= 0.6 is 0 Å². The fourth-order valence-electron chi connectivity index (χ4n) is 4.54. The van der Waals surface area contributed by atoms with Gasteiger partial charge < -0.3 is 23.2 Å². The smallest absolute Gasteiger partial charge is 0.338 e. The maximum atomic E-state index is 12.7. The van der Waals surface area contributed by atoms with Crippen LogP contribution in [0.2, 0.25) is 0 Å². The van der Waals surface area contributed by atoms with Crippen LogP contribution in [0.3, 0.4) is 0 Å². The van der Waals surface area contributed by atoms with Gasteiger partial charge in [0.2, 0.25) is 0 Å². The van der Waals surface area contributed by atoms with Crippen LogP contribution in [0.5, 0.6) is 5.75 Å². The van der Waals surface area contributed by atoms with Gasteiger partial charge in [0.25, 0.3) is 0 Å². The summed E-state index contributed by atoms with van der Waals surface area (Å²) in [5.41, 5.74) is 4.74. The van der Waals surface area contributed by atoms with Gasteiger partial charge in [0.1, 0.15) is 38.7 Å². The summed E-state index contributed by atoms with van der Waals surface area (Å²) in [6.07, 6.45) is 3.38. The molecule has 10 heteroatoms. The number of benzene rings is 1. The van der Waals surface area contributed by atoms with E-state index in [1.54, 1.807) is 19.2 Å². The molecule has 0 aliphatic rings. The highest BCUT2D eigenvalue weighted by atomic mass is 32.2. The Bertz CT molecular complexity index is 1630. The Morgan fingerprint density at radius 2 is 1.95 bits per heavy atom. The van der Waals surface area contributed by atoms with Gasteiger partial charge in [-0.25, -0.2) is 14.8 Å². The summed E-state index contributed by atoms with van der Waals surface area (Å²) in [5, 5.41) is 0.951. The van der Waals surface area contributed by atoms with Gasteiger partial charge in [-0.05, 0) is 84.7 Å². The Morgan fingerprint density at radius 3 is 2.59 bits per heavy atom. The molecule has 0 saturated heterocycles. The number of allylic oxidation sites excluding steroid dienone is 1. The molecule has 0 saturated carbocycles. The van der Waals surface area contributed by atoms with Gasteiger partial charge in [0, 0.05) is 19.0 Å². The molecule has 4 rings (SSSR count). The van der Waals surface area contributed by atoms with E-state index in [9.17, 15) is 9.35 Å². The summed E-state index contributed by atoms with van der Waals surface area (Å²) in [4.78, 5) is 22.6. The molecule has 1 atom stereocenters. The second-order valence-corrected chi connectivity index (χ2v) is 13.2. The van der Waals surface area contributed by atoms with E-state index in [1.165, 1.54) is 0 Å². The molecule has 0 amide bonds. The Balaban J connectivity index is 1.89. The lowest BCUT2D eigenvalue weighted by molar-refractivity contribution is 0.0377. The normalized spacial score (nSPS) is 13.3. The first-order valence-electron chi connectivity index (χ1n) is 13.7. The zero-order valence-electron chi connectivity index (χ0n) is 25.1. The molecule has 0 fully saturated rings. The number of methoxy groups -OCH3 is 1. The van der Waals surface area contributed by atoms with Crippen LogP contribution in [0.15, 0.2) is 47.4 Å². The first-order valence-corrected chi connectivity index (χ1v) is 14.8. The molecule has 218 valence electrons. The Hall–Kier alpha value is -3.63. The molecular weight excluding hydrogens is 538 g/mol. The third-order valence-corrected chi connectivity index (χ3v) is 8.10. The van der Waals surface area contributed by atoms with Gasteiger partial charge in [0.05, 0.1) is 35.7 Å². The SMILES string of the molecule is C=CCCCn1c(-c2nc3cc(C(=O)OC(C)C)cc(OC)c3n2C)cc2ccc(/C(C)=N/[S+]([O-])C(C)(C)C)nc21. The number of nitrogens with zero attached hydrogens (tertiary/aromatic N) is 5. The maximum absolute atomic E-state index is 12.7. The van der Waals surface area contributed by atoms with Crippen LogP contribution in [0, 0.1) is 0 Å². The van der Waals surface area contributed by atoms with E-state index in [-0.39, 0.29) is 6.10 Å². The van der Waals surface area contributed by atoms with Crippen molar-refractivity contribution in [3.05, 3.63) is 54.2 Å². The van der Waals surface area contributed by atoms with Crippen LogP contribution in [-0.4, -0.2) is 53.3 Å². The average Bonchev–Trinajstić information content (AvgIpc) is 3.44. The van der Waals surface area contributed by atoms with Crippen molar-refractivity contribution < 1.29 is 18.8 Å². The van der Waals surface area contributed by atoms with Gasteiger partial charge in [-0.3, -0.25) is 0 Å². The van der Waals surface area contributed by atoms with Crippen LogP contribution in [-0.2, 0) is 29.7 Å². The van der Waals surface area contributed by atoms with E-state index >= 15 is 0 Å². The number of unbranched alkanes of at least 4 members (excludes halogenated alkanes) is 1. The van der Waals surface area contributed by atoms with Gasteiger partial charge in [-0.15, -0.1) is 6.58 Å². The Labute approximate surface area is 244 Å². The third-order valence-electron chi connectivity index (χ3n) is 6.61. The minimum Gasteiger partial charge on any atom is -0.591 e. The molecule has 0 radical (unpaired) electrons. The predicted molar refractivity (Wildman–Crippen MR) is 166 cm³/mol. The van der Waals surface area contributed by atoms with E-state index < -0.39 is 22.1 Å². The first-order chi connectivity index (χ1) is 19.3. The molecule has 1 aromatic carbocycles. The summed E-state index contributed by atoms with van der Waals surface area (Å²) in [5.74, 6) is 0.824. The minimum absolute atomic E-state index is 0.241. The molecule has 0 spiro atoms. The van der Waals surface area contributed by atoms with E-state index in [0.717, 1.165) is 35.1 Å². The van der Waals surface area contributed by atoms with E-state index in [0.29, 0.717) is 40.6 Å². The first kappa shape index (κ1) is 30.3. The van der Waals surface area contributed by atoms with E-state index in [2.05, 4.69) is 21.6 Å². The van der Waals surface area contributed by atoms with Crippen LogP contribution in [0.1, 0.15) is 70.4 Å². The molecule has 0 N–H and O–H groups in total. The number of hydrogen-bond acceptors (Lipinski definition) is 7. The topological polar surface area (TPSA) is 107 Å². The lowest BCUT2D eigenvalue weighted by atomic mass is 10.2. The number of pyridine rings is 1. The van der Waals surface area contributed by atoms with E-state index in [1.807, 2.05) is 71.4 Å². The van der Waals surface area contributed by atoms with Crippen LogP contribution in [0.25, 0.3) is 33.6 Å². The molecule has 3 aromatic heterocycles. The zero-order chi connectivity index (χ0) is 30.1. The molecule has 1 unspecified atom stereocenters. The molecule has 3 heterocycles. The number of carbonyl (C=O) groups is 1. The standard InChI is InChI=1S/C31H39N5O4S/c1-10-11-12-15-36-25(17-21-13-14-23(32-28(21)36)20(4)34-41(38)31(5,6)7)29-33-24-16-22(30(37)40-19(2)3)18-26(39-9)27(24)35(29)8/h10,13-14,16-19H,1,11-12,15H2,2-9H3/b34-20+. The quantitative estimate of drug-likeness (QED) is 0.0710. The number of aryl methyl sites for hydroxylation is 2. The number of imidazole rings is 1. The van der Waals surface area contributed by atoms with Crippen molar-refractivity contribution in [2.75, 3.05) is 7.11 Å². The monoisotopic (exact) mass is 577 g/mol. The van der Waals surface area contributed by atoms with Crippen molar-refractivity contribution in [1.82, 2.24) is 19.1 Å². The van der Waals surface area contributed by atoms with Crippen molar-refractivity contribution in [2.45, 2.75) is 71.8 Å². The van der Waals surface area contributed by atoms with Gasteiger partial charge in [-0.2, -0.15) is 0 Å². The number of aromatic nitrogens is 4. The molecule has 0 aliphatic carbocycles. The van der Waals surface area contributed by atoms with Crippen molar-refractivity contribution in [3.8, 4) is 17.3 Å². The zero-order valence-corrected chi connectivity index (χ0v) is 26.0. The molecule has 0 bridgehead atoms. The summed E-state index contributed by atoms with van der Waals surface area (Å²) in [6.45, 7) is 15.7. The second kappa shape index (κ2) is 12.1. The predicted octanol–water partition coefficient (Wildman–Crippen LogP) is 6.40. The minimum atomic E-state index is -1.39. The number of ether oxygens (including phenoxy) is 2. The molecule has 4 aromatic rings. The summed E-state index contributed by atoms with van der Waals surface area (Å²) >= 11 is -1.39. The average molecular weight is 578 g/mol. The van der Waals surface area contributed by atoms with Crippen molar-refractivity contribution in [3.63, 3.8) is 0 Å². The highest BCUT2D eigenvalue weighted by molar-refractivity contribution is 7.91. The Morgan fingerprint density at radius 1 is 1.22 bits per heavy atom. The number of carbonyl (C=O) groups excluding carboxylic acids is 1. The largest absolute Gasteiger partial charge is 0.591 e. The van der Waals surface area contributed by atoms with Crippen molar-refractivity contribution in [2.24, 2.45) is 11.4 Å². The van der Waals surface area contributed by atoms with E-state index in [4.69, 9.17) is 19.4 Å². The fourth-order valence-corrected chi connectivity index (χ4v) is 5.15. The van der Waals surface area contributed by atoms with Crippen molar-refractivity contribution in [1.29, 1.82) is 0 Å². The highest BCUT2D eigenvalue weighted by Gasteiger charge is 2.27. The number of esters is 1. The number of hydrogen-bond donors (Lipinski definition) is 0. The van der Waals surface area contributed by atoms with Gasteiger partial charge in [-0.1, -0.05) is 10.5 Å². The summed E-state index contributed by atoms with van der Waals surface area (Å²) in [6, 6.07) is 9.41. The van der Waals surface area contributed by atoms with Gasteiger partial charge in [0.15, 0.2) is 5.82 Å². The lowest BCUT2D eigenvalue weighted by Gasteiger charge is -2.18. The highest BCUT2D eigenvalue weighted by Crippen LogP contribution is 2.34. The lowest BCUT2D eigenvalue weighted by Crippen LogP contribution is -2.26. The second-order valence-electron chi connectivity index (χ2n) is 11.3. The number of fused-ring (bicyclic) bond motifs is 2. The van der Waals surface area contributed by atoms with Crippen molar-refractivity contribution >= 4 is 45.1 Å². The van der Waals surface area contributed by atoms with Crippen LogP contribution in [0.4, 0.5) is 0 Å².